The van der Waals surface area contributed by atoms with Crippen molar-refractivity contribution in [1.29, 1.82) is 0 Å². The molecule has 104 valence electrons. The number of nitrogens with zero attached hydrogens (tertiary/aromatic N) is 2. The third-order valence-electron chi connectivity index (χ3n) is 2.38. The van der Waals surface area contributed by atoms with E-state index in [1.54, 1.807) is 6.92 Å². The molecule has 0 saturated carbocycles. The smallest absolute Gasteiger partial charge is 0.366 e. The first kappa shape index (κ1) is 15.5. The van der Waals surface area contributed by atoms with Crippen LogP contribution in [-0.2, 0) is 22.1 Å². The van der Waals surface area contributed by atoms with Gasteiger partial charge in [-0.2, -0.15) is 0 Å². The molecule has 0 fully saturated rings. The zero-order valence-corrected chi connectivity index (χ0v) is 11.2. The Morgan fingerprint density at radius 2 is 1.78 bits per heavy atom. The van der Waals surface area contributed by atoms with Crippen molar-refractivity contribution in [1.82, 2.24) is 9.55 Å². The van der Waals surface area contributed by atoms with Crippen LogP contribution in [0.2, 0.25) is 0 Å². The second-order valence-corrected chi connectivity index (χ2v) is 7.76. The highest BCUT2D eigenvalue weighted by Gasteiger charge is 2.59. The molecule has 0 amide bonds. The zero-order chi connectivity index (χ0) is 14.2. The van der Waals surface area contributed by atoms with E-state index >= 15 is 0 Å². The van der Waals surface area contributed by atoms with E-state index in [1.165, 1.54) is 6.20 Å². The third kappa shape index (κ3) is 2.89. The van der Waals surface area contributed by atoms with Crippen molar-refractivity contribution < 1.29 is 33.8 Å². The Morgan fingerprint density at radius 3 is 2.11 bits per heavy atom. The maximum Gasteiger partial charge on any atom is 0.371 e. The van der Waals surface area contributed by atoms with E-state index < -0.39 is 26.8 Å². The van der Waals surface area contributed by atoms with Gasteiger partial charge in [0.1, 0.15) is 0 Å². The molecule has 0 aliphatic heterocycles. The fraction of sp³-hybridized carbons (Fsp3) is 0.571. The second-order valence-electron chi connectivity index (χ2n) is 3.75. The van der Waals surface area contributed by atoms with Gasteiger partial charge in [0.15, 0.2) is 0 Å². The summed E-state index contributed by atoms with van der Waals surface area (Å²) in [5, 5.41) is 6.19. The minimum atomic E-state index is -5.43. The summed E-state index contributed by atoms with van der Waals surface area (Å²) in [4.78, 5) is 39.6. The molecule has 0 spiro atoms. The molecule has 18 heavy (non-hydrogen) atoms. The molecule has 9 nitrogen and oxygen atoms in total. The third-order valence-corrected chi connectivity index (χ3v) is 6.09. The molecule has 0 aromatic carbocycles. The summed E-state index contributed by atoms with van der Waals surface area (Å²) in [7, 11) is -10.9. The Bertz CT molecular complexity index is 494. The monoisotopic (exact) mass is 300 g/mol. The Balaban J connectivity index is 3.16. The van der Waals surface area contributed by atoms with Crippen LogP contribution in [0.5, 0.6) is 0 Å². The van der Waals surface area contributed by atoms with Crippen LogP contribution in [0.25, 0.3) is 0 Å². The summed E-state index contributed by atoms with van der Waals surface area (Å²) < 4.78 is 23.2. The van der Waals surface area contributed by atoms with Gasteiger partial charge in [-0.1, -0.05) is 6.92 Å². The highest BCUT2D eigenvalue weighted by atomic mass is 31.2. The first-order valence-electron chi connectivity index (χ1n) is 4.85. The lowest BCUT2D eigenvalue weighted by Crippen LogP contribution is -2.33. The summed E-state index contributed by atoms with van der Waals surface area (Å²) >= 11 is 0. The van der Waals surface area contributed by atoms with Crippen LogP contribution in [0.3, 0.4) is 0 Å². The molecule has 0 bridgehead atoms. The zero-order valence-electron chi connectivity index (χ0n) is 9.41. The van der Waals surface area contributed by atoms with Gasteiger partial charge in [-0.05, 0) is 6.42 Å². The number of hydrogen-bond acceptors (Lipinski definition) is 4. The average molecular weight is 300 g/mol. The van der Waals surface area contributed by atoms with Crippen molar-refractivity contribution in [3.63, 3.8) is 0 Å². The van der Waals surface area contributed by atoms with E-state index in [2.05, 4.69) is 4.98 Å². The van der Waals surface area contributed by atoms with Crippen molar-refractivity contribution in [2.45, 2.75) is 25.0 Å². The van der Waals surface area contributed by atoms with E-state index in [4.69, 9.17) is 19.6 Å². The van der Waals surface area contributed by atoms with Gasteiger partial charge in [-0.3, -0.25) is 9.13 Å². The molecule has 1 rings (SSSR count). The molecule has 0 aliphatic rings. The highest BCUT2D eigenvalue weighted by molar-refractivity contribution is 7.72. The molecular weight excluding hydrogens is 286 g/mol. The largest absolute Gasteiger partial charge is 0.371 e. The first-order valence-corrected chi connectivity index (χ1v) is 8.08. The number of hydrogen-bond donors (Lipinski definition) is 5. The molecule has 1 aromatic rings. The Morgan fingerprint density at radius 1 is 1.28 bits per heavy atom. The Labute approximate surface area is 102 Å². The lowest BCUT2D eigenvalue weighted by Gasteiger charge is -2.29. The van der Waals surface area contributed by atoms with Gasteiger partial charge in [-0.25, -0.2) is 4.98 Å². The average Bonchev–Trinajstić information content (AvgIpc) is 2.62. The van der Waals surface area contributed by atoms with E-state index in [0.29, 0.717) is 12.1 Å². The van der Waals surface area contributed by atoms with E-state index in [-0.39, 0.29) is 0 Å². The predicted octanol–water partition coefficient (Wildman–Crippen LogP) is -0.553. The molecule has 0 radical (unpaired) electrons. The van der Waals surface area contributed by atoms with Crippen LogP contribution >= 0.6 is 15.2 Å². The van der Waals surface area contributed by atoms with Crippen LogP contribution in [0.15, 0.2) is 12.5 Å². The lowest BCUT2D eigenvalue weighted by molar-refractivity contribution is 0.115. The molecule has 0 atom stereocenters. The van der Waals surface area contributed by atoms with Crippen molar-refractivity contribution in [2.75, 3.05) is 0 Å². The quantitative estimate of drug-likeness (QED) is 0.454. The summed E-state index contributed by atoms with van der Waals surface area (Å²) in [6.07, 6.45) is 3.02. The number of aromatic nitrogens is 2. The molecule has 0 saturated heterocycles. The highest BCUT2D eigenvalue weighted by Crippen LogP contribution is 2.67. The van der Waals surface area contributed by atoms with Gasteiger partial charge in [0.05, 0.1) is 18.6 Å². The Hall–Kier alpha value is -0.530. The summed E-state index contributed by atoms with van der Waals surface area (Å²) in [5.41, 5.74) is 0.564. The second kappa shape index (κ2) is 4.86. The van der Waals surface area contributed by atoms with E-state index in [9.17, 15) is 14.2 Å². The molecular formula is C7H14N2O7P2. The molecule has 0 unspecified atom stereocenters. The van der Waals surface area contributed by atoms with E-state index in [1.807, 2.05) is 0 Å². The van der Waals surface area contributed by atoms with Crippen molar-refractivity contribution in [3.05, 3.63) is 18.2 Å². The standard InChI is InChI=1S/C7H14N2O7P2/c1-2-6-3-9(5-8-6)4-7(10,17(11,12)13)18(14,15)16/h3,5,10H,2,4H2,1H3,(H2,11,12,13)(H2,14,15,16). The maximum atomic E-state index is 11.1. The normalized spacial score (nSPS) is 13.9. The minimum absolute atomic E-state index is 0.539. The van der Waals surface area contributed by atoms with Gasteiger partial charge in [-0.15, -0.1) is 0 Å². The number of aryl methyl sites for hydroxylation is 1. The minimum Gasteiger partial charge on any atom is -0.366 e. The van der Waals surface area contributed by atoms with Crippen molar-refractivity contribution >= 4 is 15.2 Å². The Kier molecular flexibility index (Phi) is 4.19. The lowest BCUT2D eigenvalue weighted by atomic mass is 10.4. The van der Waals surface area contributed by atoms with Gasteiger partial charge in [0.25, 0.3) is 5.08 Å². The van der Waals surface area contributed by atoms with Crippen molar-refractivity contribution in [3.8, 4) is 0 Å². The van der Waals surface area contributed by atoms with Crippen LogP contribution in [-0.4, -0.2) is 39.3 Å². The molecule has 0 aliphatic carbocycles. The van der Waals surface area contributed by atoms with Gasteiger partial charge in [0.2, 0.25) is 0 Å². The SMILES string of the molecule is CCc1cn(CC(O)(P(=O)(O)O)P(=O)(O)O)cn1. The fourth-order valence-corrected chi connectivity index (χ4v) is 3.33. The molecule has 1 heterocycles. The summed E-state index contributed by atoms with van der Waals surface area (Å²) in [6, 6.07) is 0. The molecule has 11 heteroatoms. The molecule has 5 N–H and O–H groups in total. The van der Waals surface area contributed by atoms with E-state index in [0.717, 1.165) is 10.9 Å². The van der Waals surface area contributed by atoms with Crippen molar-refractivity contribution in [2.24, 2.45) is 0 Å². The first-order chi connectivity index (χ1) is 8.01. The number of aliphatic hydroxyl groups is 1. The van der Waals surface area contributed by atoms with Gasteiger partial charge < -0.3 is 29.2 Å². The van der Waals surface area contributed by atoms with Gasteiger partial charge in [0, 0.05) is 6.20 Å². The summed E-state index contributed by atoms with van der Waals surface area (Å²) in [5.74, 6) is 0. The predicted molar refractivity (Wildman–Crippen MR) is 60.6 cm³/mol. The van der Waals surface area contributed by atoms with Crippen LogP contribution in [0, 0.1) is 0 Å². The fourth-order valence-electron chi connectivity index (χ4n) is 1.27. The van der Waals surface area contributed by atoms with Gasteiger partial charge >= 0.3 is 15.2 Å². The number of imidazole rings is 1. The molecule has 1 aromatic heterocycles. The number of rotatable bonds is 5. The summed E-state index contributed by atoms with van der Waals surface area (Å²) in [6.45, 7) is 0.833. The maximum absolute atomic E-state index is 11.1. The van der Waals surface area contributed by atoms with Crippen LogP contribution < -0.4 is 0 Å². The topological polar surface area (TPSA) is 153 Å². The van der Waals surface area contributed by atoms with Crippen LogP contribution in [0.1, 0.15) is 12.6 Å². The van der Waals surface area contributed by atoms with Crippen LogP contribution in [0.4, 0.5) is 0 Å².